The van der Waals surface area contributed by atoms with Crippen molar-refractivity contribution in [3.8, 4) is 0 Å². The first-order valence-electron chi connectivity index (χ1n) is 15.3. The first-order chi connectivity index (χ1) is 19.1. The summed E-state index contributed by atoms with van der Waals surface area (Å²) in [6, 6.07) is -1.80. The molecular formula is C31H54FN5O4. The van der Waals surface area contributed by atoms with E-state index < -0.39 is 30.2 Å². The lowest BCUT2D eigenvalue weighted by Gasteiger charge is -2.41. The molecule has 0 bridgehead atoms. The van der Waals surface area contributed by atoms with E-state index in [9.17, 15) is 23.6 Å². The summed E-state index contributed by atoms with van der Waals surface area (Å²) in [5.74, 6) is -0.945. The van der Waals surface area contributed by atoms with Crippen LogP contribution >= 0.6 is 0 Å². The van der Waals surface area contributed by atoms with Crippen LogP contribution in [0.4, 0.5) is 4.39 Å². The third-order valence-electron chi connectivity index (χ3n) is 8.36. The van der Waals surface area contributed by atoms with Gasteiger partial charge in [0.15, 0.2) is 0 Å². The average molecular weight is 580 g/mol. The normalized spacial score (nSPS) is 22.0. The molecule has 0 aliphatic carbocycles. The van der Waals surface area contributed by atoms with Crippen molar-refractivity contribution in [1.82, 2.24) is 25.3 Å². The molecule has 234 valence electrons. The van der Waals surface area contributed by atoms with Crippen LogP contribution in [0.1, 0.15) is 87.5 Å². The number of carbonyl (C=O) groups is 4. The Morgan fingerprint density at radius 2 is 1.61 bits per heavy atom. The molecule has 0 saturated carbocycles. The number of likely N-dealkylation sites (tertiary alicyclic amines) is 2. The second-order valence-corrected chi connectivity index (χ2v) is 13.3. The second kappa shape index (κ2) is 15.1. The predicted molar refractivity (Wildman–Crippen MR) is 160 cm³/mol. The van der Waals surface area contributed by atoms with Crippen LogP contribution in [0.5, 0.6) is 0 Å². The van der Waals surface area contributed by atoms with Crippen LogP contribution in [0.15, 0.2) is 11.6 Å². The molecule has 0 aromatic rings. The molecule has 4 atom stereocenters. The monoisotopic (exact) mass is 579 g/mol. The van der Waals surface area contributed by atoms with Crippen molar-refractivity contribution in [1.29, 1.82) is 0 Å². The summed E-state index contributed by atoms with van der Waals surface area (Å²) >= 11 is 0. The van der Waals surface area contributed by atoms with Crippen molar-refractivity contribution in [2.45, 2.75) is 118 Å². The van der Waals surface area contributed by atoms with Crippen molar-refractivity contribution in [2.75, 3.05) is 33.4 Å². The van der Waals surface area contributed by atoms with Crippen LogP contribution < -0.4 is 10.6 Å². The number of carbonyl (C=O) groups excluding carboxylic acids is 4. The highest BCUT2D eigenvalue weighted by molar-refractivity contribution is 5.97. The first kappa shape index (κ1) is 34.7. The van der Waals surface area contributed by atoms with E-state index in [4.69, 9.17) is 0 Å². The van der Waals surface area contributed by atoms with E-state index in [0.717, 1.165) is 25.8 Å². The molecule has 41 heavy (non-hydrogen) atoms. The quantitative estimate of drug-likeness (QED) is 0.366. The number of piperidine rings is 1. The Balaban J connectivity index is 2.25. The number of halogens is 1. The zero-order valence-electron chi connectivity index (χ0n) is 26.8. The third kappa shape index (κ3) is 9.00. The van der Waals surface area contributed by atoms with Gasteiger partial charge in [-0.25, -0.2) is 4.39 Å². The largest absolute Gasteiger partial charge is 0.352 e. The summed E-state index contributed by atoms with van der Waals surface area (Å²) in [5, 5.41) is 5.65. The summed E-state index contributed by atoms with van der Waals surface area (Å²) in [6.07, 6.45) is 5.84. The Hall–Kier alpha value is -2.49. The van der Waals surface area contributed by atoms with E-state index in [1.807, 2.05) is 34.6 Å². The molecule has 2 saturated heterocycles. The summed E-state index contributed by atoms with van der Waals surface area (Å²) < 4.78 is 12.6. The second-order valence-electron chi connectivity index (χ2n) is 13.3. The minimum Gasteiger partial charge on any atom is -0.352 e. The van der Waals surface area contributed by atoms with Crippen LogP contribution in [0.2, 0.25) is 0 Å². The first-order valence-corrected chi connectivity index (χ1v) is 15.3. The third-order valence-corrected chi connectivity index (χ3v) is 8.36. The van der Waals surface area contributed by atoms with Crippen molar-refractivity contribution in [2.24, 2.45) is 11.3 Å². The summed E-state index contributed by atoms with van der Waals surface area (Å²) in [5.41, 5.74) is -0.0934. The van der Waals surface area contributed by atoms with Gasteiger partial charge in [0.05, 0.1) is 12.1 Å². The maximum atomic E-state index is 14.0. The number of hydrogen-bond donors (Lipinski definition) is 2. The molecule has 2 fully saturated rings. The molecule has 4 amide bonds. The summed E-state index contributed by atoms with van der Waals surface area (Å²) in [7, 11) is 1.72. The topological polar surface area (TPSA) is 102 Å². The highest BCUT2D eigenvalue weighted by Gasteiger charge is 2.40. The van der Waals surface area contributed by atoms with E-state index in [2.05, 4.69) is 29.4 Å². The van der Waals surface area contributed by atoms with E-state index in [1.54, 1.807) is 29.8 Å². The number of nitrogens with zero attached hydrogens (tertiary/aromatic N) is 3. The van der Waals surface area contributed by atoms with E-state index in [0.29, 0.717) is 25.0 Å². The fourth-order valence-corrected chi connectivity index (χ4v) is 5.97. The number of nitrogens with one attached hydrogen (secondary N) is 2. The van der Waals surface area contributed by atoms with Gasteiger partial charge in [0.25, 0.3) is 0 Å². The van der Waals surface area contributed by atoms with Gasteiger partial charge in [-0.2, -0.15) is 0 Å². The molecule has 2 rings (SSSR count). The Labute approximate surface area is 246 Å². The van der Waals surface area contributed by atoms with Crippen LogP contribution in [-0.2, 0) is 19.2 Å². The zero-order valence-corrected chi connectivity index (χ0v) is 26.8. The lowest BCUT2D eigenvalue weighted by molar-refractivity contribution is -0.142. The molecule has 10 heteroatoms. The van der Waals surface area contributed by atoms with Gasteiger partial charge < -0.3 is 20.4 Å². The molecule has 0 aromatic heterocycles. The molecule has 0 radical (unpaired) electrons. The van der Waals surface area contributed by atoms with Gasteiger partial charge in [0, 0.05) is 31.8 Å². The minimum absolute atomic E-state index is 0.0139. The maximum absolute atomic E-state index is 14.0. The predicted octanol–water partition coefficient (Wildman–Crippen LogP) is 3.29. The fraction of sp³-hybridized carbons (Fsp3) is 0.806. The van der Waals surface area contributed by atoms with Crippen LogP contribution in [0.25, 0.3) is 0 Å². The average Bonchev–Trinajstić information content (AvgIpc) is 3.41. The lowest BCUT2D eigenvalue weighted by atomic mass is 9.84. The standard InChI is InChI=1S/C31H54FN5O4/c1-20(2)25(19-22(5)29(40)37-18-12-14-23(37)27(38)33-16-15-32)35(9)30(41)26(31(6,7)8)34-28(39)24-13-10-11-17-36(24)21(3)4/h19-21,23-26H,10-18H2,1-9H3,(H,33,38)(H,34,39)/b22-19+/t23-,24+,25+,26+/m0/s1. The van der Waals surface area contributed by atoms with Gasteiger partial charge in [-0.05, 0) is 64.3 Å². The van der Waals surface area contributed by atoms with E-state index in [1.165, 1.54) is 0 Å². The SMILES string of the molecule is C/C(=C\[C@H](C(C)C)N(C)C(=O)[C@@H](NC(=O)[C@H]1CCCCN1C(C)C)C(C)(C)C)C(=O)N1CCC[C@H]1C(=O)NCCF. The van der Waals surface area contributed by atoms with Crippen LogP contribution in [0.3, 0.4) is 0 Å². The highest BCUT2D eigenvalue weighted by atomic mass is 19.1. The summed E-state index contributed by atoms with van der Waals surface area (Å²) in [4.78, 5) is 58.9. The Morgan fingerprint density at radius 3 is 2.17 bits per heavy atom. The van der Waals surface area contributed by atoms with Gasteiger partial charge in [-0.15, -0.1) is 0 Å². The highest BCUT2D eigenvalue weighted by Crippen LogP contribution is 2.26. The molecule has 2 aliphatic heterocycles. The zero-order chi connectivity index (χ0) is 31.1. The van der Waals surface area contributed by atoms with Gasteiger partial charge in [-0.3, -0.25) is 24.1 Å². The van der Waals surface area contributed by atoms with Crippen molar-refractivity contribution >= 4 is 23.6 Å². The van der Waals surface area contributed by atoms with Crippen LogP contribution in [0, 0.1) is 11.3 Å². The molecule has 2 aliphatic rings. The van der Waals surface area contributed by atoms with Crippen molar-refractivity contribution in [3.05, 3.63) is 11.6 Å². The number of likely N-dealkylation sites (N-methyl/N-ethyl adjacent to an activating group) is 1. The molecule has 2 heterocycles. The number of rotatable bonds is 11. The number of alkyl halides is 1. The lowest BCUT2D eigenvalue weighted by Crippen LogP contribution is -2.60. The molecule has 9 nitrogen and oxygen atoms in total. The van der Waals surface area contributed by atoms with Crippen molar-refractivity contribution in [3.63, 3.8) is 0 Å². The van der Waals surface area contributed by atoms with E-state index >= 15 is 0 Å². The molecule has 0 aromatic carbocycles. The summed E-state index contributed by atoms with van der Waals surface area (Å²) in [6.45, 7) is 16.3. The van der Waals surface area contributed by atoms with Crippen LogP contribution in [-0.4, -0.2) is 102 Å². The molecule has 2 N–H and O–H groups in total. The van der Waals surface area contributed by atoms with Gasteiger partial charge in [-0.1, -0.05) is 47.1 Å². The molecule has 0 spiro atoms. The Morgan fingerprint density at radius 1 is 0.976 bits per heavy atom. The van der Waals surface area contributed by atoms with Gasteiger partial charge in [0.2, 0.25) is 23.6 Å². The fourth-order valence-electron chi connectivity index (χ4n) is 5.97. The van der Waals surface area contributed by atoms with Crippen molar-refractivity contribution < 1.29 is 23.6 Å². The molecule has 0 unspecified atom stereocenters. The smallest absolute Gasteiger partial charge is 0.249 e. The minimum atomic E-state index is -0.747. The van der Waals surface area contributed by atoms with Gasteiger partial charge in [0.1, 0.15) is 18.8 Å². The van der Waals surface area contributed by atoms with E-state index in [-0.39, 0.29) is 48.2 Å². The number of hydrogen-bond acceptors (Lipinski definition) is 5. The Kier molecular flexibility index (Phi) is 12.8. The molecular weight excluding hydrogens is 525 g/mol. The van der Waals surface area contributed by atoms with Gasteiger partial charge >= 0.3 is 0 Å². The number of amides is 4. The maximum Gasteiger partial charge on any atom is 0.249 e. The Bertz CT molecular complexity index is 961.